The summed E-state index contributed by atoms with van der Waals surface area (Å²) in [5, 5.41) is 8.85. The van der Waals surface area contributed by atoms with Crippen molar-refractivity contribution >= 4 is 5.97 Å². The first-order valence-corrected chi connectivity index (χ1v) is 4.67. The molecule has 1 spiro atoms. The molecule has 1 aliphatic carbocycles. The summed E-state index contributed by atoms with van der Waals surface area (Å²) in [7, 11) is 0. The maximum atomic E-state index is 10.8. The summed E-state index contributed by atoms with van der Waals surface area (Å²) in [5.74, 6) is -0.857. The number of carboxylic acid groups (broad SMARTS) is 1. The van der Waals surface area contributed by atoms with Crippen molar-refractivity contribution in [3.8, 4) is 0 Å². The Morgan fingerprint density at radius 2 is 1.85 bits per heavy atom. The molecule has 0 amide bonds. The molecule has 0 aromatic carbocycles. The van der Waals surface area contributed by atoms with Crippen LogP contribution >= 0.6 is 0 Å². The summed E-state index contributed by atoms with van der Waals surface area (Å²) < 4.78 is 5.24. The van der Waals surface area contributed by atoms with E-state index in [-0.39, 0.29) is 5.41 Å². The van der Waals surface area contributed by atoms with Crippen LogP contribution in [0.3, 0.4) is 0 Å². The number of rotatable bonds is 1. The van der Waals surface area contributed by atoms with Crippen LogP contribution in [0.1, 0.15) is 25.7 Å². The van der Waals surface area contributed by atoms with Crippen molar-refractivity contribution < 1.29 is 14.6 Å². The fraction of sp³-hybridized carbons (Fsp3) is 0.889. The van der Waals surface area contributed by atoms with Crippen LogP contribution in [-0.2, 0) is 9.53 Å². The second kappa shape index (κ2) is 2.69. The van der Waals surface area contributed by atoms with Crippen molar-refractivity contribution in [2.24, 2.45) is 11.1 Å². The molecule has 0 atom stereocenters. The monoisotopic (exact) mass is 185 g/mol. The van der Waals surface area contributed by atoms with Crippen LogP contribution < -0.4 is 5.73 Å². The normalized spacial score (nSPS) is 29.6. The number of hydrogen-bond acceptors (Lipinski definition) is 3. The fourth-order valence-electron chi connectivity index (χ4n) is 2.60. The zero-order valence-electron chi connectivity index (χ0n) is 7.58. The predicted octanol–water partition coefficient (Wildman–Crippen LogP) is 0.359. The second-order valence-electron chi connectivity index (χ2n) is 4.43. The van der Waals surface area contributed by atoms with Gasteiger partial charge in [0.15, 0.2) is 0 Å². The molecular formula is C9H15NO3. The van der Waals surface area contributed by atoms with E-state index < -0.39 is 11.5 Å². The smallest absolute Gasteiger partial charge is 0.323 e. The lowest BCUT2D eigenvalue weighted by molar-refractivity contribution is -0.158. The molecule has 4 heteroatoms. The van der Waals surface area contributed by atoms with E-state index in [2.05, 4.69) is 0 Å². The molecule has 0 aromatic rings. The Balaban J connectivity index is 1.98. The average molecular weight is 185 g/mol. The number of carbonyl (C=O) groups is 1. The van der Waals surface area contributed by atoms with Gasteiger partial charge in [0, 0.05) is 13.2 Å². The highest BCUT2D eigenvalue weighted by Crippen LogP contribution is 2.53. The molecule has 74 valence electrons. The third-order valence-electron chi connectivity index (χ3n) is 3.36. The number of aliphatic carboxylic acids is 1. The van der Waals surface area contributed by atoms with Gasteiger partial charge in [0.2, 0.25) is 0 Å². The molecule has 0 aromatic heterocycles. The summed E-state index contributed by atoms with van der Waals surface area (Å²) in [6.07, 6.45) is 3.19. The average Bonchev–Trinajstić information content (AvgIpc) is 2.03. The van der Waals surface area contributed by atoms with Gasteiger partial charge in [0.1, 0.15) is 5.54 Å². The van der Waals surface area contributed by atoms with Crippen molar-refractivity contribution in [3.05, 3.63) is 0 Å². The predicted molar refractivity (Wildman–Crippen MR) is 46.3 cm³/mol. The van der Waals surface area contributed by atoms with Gasteiger partial charge in [-0.15, -0.1) is 0 Å². The highest BCUT2D eigenvalue weighted by atomic mass is 16.5. The molecule has 1 saturated heterocycles. The summed E-state index contributed by atoms with van der Waals surface area (Å²) in [6.45, 7) is 1.52. The third-order valence-corrected chi connectivity index (χ3v) is 3.36. The summed E-state index contributed by atoms with van der Waals surface area (Å²) >= 11 is 0. The first-order valence-electron chi connectivity index (χ1n) is 4.67. The molecule has 1 aliphatic heterocycles. The van der Waals surface area contributed by atoms with E-state index >= 15 is 0 Å². The highest BCUT2D eigenvalue weighted by Gasteiger charge is 2.56. The van der Waals surface area contributed by atoms with Gasteiger partial charge < -0.3 is 15.6 Å². The van der Waals surface area contributed by atoms with E-state index in [0.29, 0.717) is 12.8 Å². The summed E-state index contributed by atoms with van der Waals surface area (Å²) in [5.41, 5.74) is 4.95. The molecule has 1 heterocycles. The van der Waals surface area contributed by atoms with Crippen molar-refractivity contribution in [2.45, 2.75) is 31.2 Å². The lowest BCUT2D eigenvalue weighted by Crippen LogP contribution is -2.64. The summed E-state index contributed by atoms with van der Waals surface area (Å²) in [6, 6.07) is 0. The van der Waals surface area contributed by atoms with Crippen LogP contribution in [0, 0.1) is 5.41 Å². The van der Waals surface area contributed by atoms with Crippen LogP contribution in [0.2, 0.25) is 0 Å². The van der Waals surface area contributed by atoms with Crippen LogP contribution in [0.5, 0.6) is 0 Å². The van der Waals surface area contributed by atoms with E-state index in [4.69, 9.17) is 15.6 Å². The van der Waals surface area contributed by atoms with E-state index in [1.165, 1.54) is 0 Å². The molecule has 0 unspecified atom stereocenters. The van der Waals surface area contributed by atoms with Gasteiger partial charge >= 0.3 is 5.97 Å². The number of nitrogens with two attached hydrogens (primary N) is 1. The van der Waals surface area contributed by atoms with Gasteiger partial charge in [-0.2, -0.15) is 0 Å². The standard InChI is InChI=1S/C9H15NO3/c10-9(7(11)12)5-8(6-9)1-3-13-4-2-8/h1-6,10H2,(H,11,12). The highest BCUT2D eigenvalue weighted by molar-refractivity contribution is 5.80. The molecule has 2 rings (SSSR count). The van der Waals surface area contributed by atoms with Crippen LogP contribution in [0.15, 0.2) is 0 Å². The minimum atomic E-state index is -0.947. The van der Waals surface area contributed by atoms with Crippen molar-refractivity contribution in [3.63, 3.8) is 0 Å². The topological polar surface area (TPSA) is 72.6 Å². The fourth-order valence-corrected chi connectivity index (χ4v) is 2.60. The lowest BCUT2D eigenvalue weighted by Gasteiger charge is -2.53. The van der Waals surface area contributed by atoms with Gasteiger partial charge in [-0.25, -0.2) is 0 Å². The van der Waals surface area contributed by atoms with Gasteiger partial charge in [-0.3, -0.25) is 4.79 Å². The molecular weight excluding hydrogens is 170 g/mol. The van der Waals surface area contributed by atoms with E-state index in [0.717, 1.165) is 26.1 Å². The van der Waals surface area contributed by atoms with Crippen LogP contribution in [0.25, 0.3) is 0 Å². The Morgan fingerprint density at radius 1 is 1.31 bits per heavy atom. The van der Waals surface area contributed by atoms with Gasteiger partial charge in [0.05, 0.1) is 0 Å². The van der Waals surface area contributed by atoms with Crippen LogP contribution in [0.4, 0.5) is 0 Å². The quantitative estimate of drug-likeness (QED) is 0.618. The van der Waals surface area contributed by atoms with Crippen molar-refractivity contribution in [1.29, 1.82) is 0 Å². The van der Waals surface area contributed by atoms with E-state index in [9.17, 15) is 4.79 Å². The Bertz CT molecular complexity index is 225. The zero-order valence-corrected chi connectivity index (χ0v) is 7.58. The first-order chi connectivity index (χ1) is 6.06. The molecule has 0 bridgehead atoms. The van der Waals surface area contributed by atoms with E-state index in [1.54, 1.807) is 0 Å². The van der Waals surface area contributed by atoms with Crippen molar-refractivity contribution in [2.75, 3.05) is 13.2 Å². The molecule has 2 aliphatic rings. The molecule has 0 radical (unpaired) electrons. The zero-order chi connectivity index (χ0) is 9.53. The maximum absolute atomic E-state index is 10.8. The number of ether oxygens (including phenoxy) is 1. The van der Waals surface area contributed by atoms with Crippen LogP contribution in [-0.4, -0.2) is 29.8 Å². The third kappa shape index (κ3) is 1.34. The molecule has 13 heavy (non-hydrogen) atoms. The number of hydrogen-bond donors (Lipinski definition) is 2. The molecule has 4 nitrogen and oxygen atoms in total. The second-order valence-corrected chi connectivity index (χ2v) is 4.43. The maximum Gasteiger partial charge on any atom is 0.323 e. The van der Waals surface area contributed by atoms with E-state index in [1.807, 2.05) is 0 Å². The minimum absolute atomic E-state index is 0.186. The van der Waals surface area contributed by atoms with Crippen molar-refractivity contribution in [1.82, 2.24) is 0 Å². The molecule has 1 saturated carbocycles. The SMILES string of the molecule is NC1(C(=O)O)CC2(CCOCC2)C1. The Morgan fingerprint density at radius 3 is 2.31 bits per heavy atom. The van der Waals surface area contributed by atoms with Gasteiger partial charge in [-0.1, -0.05) is 0 Å². The lowest BCUT2D eigenvalue weighted by atomic mass is 9.54. The molecule has 2 fully saturated rings. The Labute approximate surface area is 77.1 Å². The number of carboxylic acids is 1. The Hall–Kier alpha value is -0.610. The Kier molecular flexibility index (Phi) is 1.85. The van der Waals surface area contributed by atoms with Gasteiger partial charge in [-0.05, 0) is 31.1 Å². The summed E-state index contributed by atoms with van der Waals surface area (Å²) in [4.78, 5) is 10.8. The molecule has 3 N–H and O–H groups in total. The minimum Gasteiger partial charge on any atom is -0.480 e. The first kappa shape index (κ1) is 8.97. The largest absolute Gasteiger partial charge is 0.480 e. The van der Waals surface area contributed by atoms with Gasteiger partial charge in [0.25, 0.3) is 0 Å².